The summed E-state index contributed by atoms with van der Waals surface area (Å²) in [6.07, 6.45) is 0.962. The normalized spacial score (nSPS) is 11.4. The van der Waals surface area contributed by atoms with Crippen LogP contribution in [0.4, 0.5) is 10.1 Å². The van der Waals surface area contributed by atoms with Gasteiger partial charge >= 0.3 is 5.97 Å². The lowest BCUT2D eigenvalue weighted by molar-refractivity contribution is -0.119. The van der Waals surface area contributed by atoms with Gasteiger partial charge in [-0.1, -0.05) is 0 Å². The number of nitrogens with zero attached hydrogens (tertiary/aromatic N) is 1. The fourth-order valence-corrected chi connectivity index (χ4v) is 3.32. The summed E-state index contributed by atoms with van der Waals surface area (Å²) in [5, 5.41) is 9.83. The van der Waals surface area contributed by atoms with Crippen LogP contribution >= 0.6 is 0 Å². The minimum atomic E-state index is -3.72. The van der Waals surface area contributed by atoms with Crippen LogP contribution in [0.5, 0.6) is 5.75 Å². The van der Waals surface area contributed by atoms with E-state index in [1.807, 2.05) is 0 Å². The average molecular weight is 436 g/mol. The Morgan fingerprint density at radius 1 is 1.23 bits per heavy atom. The first kappa shape index (κ1) is 21.1. The molecule has 3 rings (SSSR count). The highest BCUT2D eigenvalue weighted by Gasteiger charge is 2.26. The number of sulfonamides is 1. The molecule has 1 amide bonds. The van der Waals surface area contributed by atoms with E-state index < -0.39 is 34.3 Å². The van der Waals surface area contributed by atoms with Gasteiger partial charge in [0.15, 0.2) is 6.61 Å². The number of anilines is 1. The molecule has 2 aromatic carbocycles. The lowest BCUT2D eigenvalue weighted by atomic mass is 10.0. The number of carbonyl (C=O) groups is 2. The van der Waals surface area contributed by atoms with E-state index in [1.165, 1.54) is 31.3 Å². The van der Waals surface area contributed by atoms with Crippen molar-refractivity contribution in [2.45, 2.75) is 0 Å². The monoisotopic (exact) mass is 436 g/mol. The van der Waals surface area contributed by atoms with E-state index in [0.717, 1.165) is 22.7 Å². The van der Waals surface area contributed by atoms with Gasteiger partial charge in [-0.15, -0.1) is 0 Å². The fourth-order valence-electron chi connectivity index (χ4n) is 2.82. The fraction of sp³-hybridized carbons (Fsp3) is 0.158. The molecule has 0 fully saturated rings. The molecule has 0 aliphatic rings. The van der Waals surface area contributed by atoms with Crippen molar-refractivity contribution in [1.29, 1.82) is 0 Å². The van der Waals surface area contributed by atoms with Crippen LogP contribution in [0.25, 0.3) is 22.3 Å². The Hall–Kier alpha value is -3.60. The summed E-state index contributed by atoms with van der Waals surface area (Å²) in [7, 11) is -2.47. The first-order chi connectivity index (χ1) is 14.0. The molecule has 158 valence electrons. The van der Waals surface area contributed by atoms with Crippen molar-refractivity contribution in [1.82, 2.24) is 0 Å². The summed E-state index contributed by atoms with van der Waals surface area (Å²) >= 11 is 0. The van der Waals surface area contributed by atoms with Gasteiger partial charge < -0.3 is 20.0 Å². The van der Waals surface area contributed by atoms with Crippen LogP contribution in [0.15, 0.2) is 40.8 Å². The average Bonchev–Trinajstić information content (AvgIpc) is 3.03. The number of primary amides is 1. The quantitative estimate of drug-likeness (QED) is 0.578. The largest absolute Gasteiger partial charge is 0.482 e. The summed E-state index contributed by atoms with van der Waals surface area (Å²) in [4.78, 5) is 23.1. The van der Waals surface area contributed by atoms with Crippen LogP contribution in [0.1, 0.15) is 10.4 Å². The van der Waals surface area contributed by atoms with Crippen molar-refractivity contribution in [2.24, 2.45) is 5.73 Å². The van der Waals surface area contributed by atoms with E-state index in [-0.39, 0.29) is 33.7 Å². The molecule has 1 heterocycles. The van der Waals surface area contributed by atoms with Crippen LogP contribution in [-0.4, -0.2) is 45.3 Å². The number of benzene rings is 2. The van der Waals surface area contributed by atoms with Gasteiger partial charge in [0, 0.05) is 24.1 Å². The smallest absolute Gasteiger partial charge is 0.340 e. The van der Waals surface area contributed by atoms with Crippen molar-refractivity contribution >= 4 is 38.6 Å². The molecule has 0 aliphatic carbocycles. The van der Waals surface area contributed by atoms with Crippen LogP contribution in [0.3, 0.4) is 0 Å². The third kappa shape index (κ3) is 4.06. The standard InChI is InChI=1S/C19H17FN2O7S/c1-22(30(2,26)27)13-8-14-12(7-15(13)28-9-16(21)23)17(19(24)25)18(29-14)10-3-5-11(20)6-4-10/h3-8H,9H2,1-2H3,(H2,21,23)(H,24,25). The second-order valence-corrected chi connectivity index (χ2v) is 8.43. The highest BCUT2D eigenvalue weighted by Crippen LogP contribution is 2.40. The molecule has 3 aromatic rings. The molecule has 0 spiro atoms. The Labute approximate surface area is 170 Å². The molecular formula is C19H17FN2O7S. The van der Waals surface area contributed by atoms with Gasteiger partial charge in [-0.3, -0.25) is 9.10 Å². The molecule has 0 radical (unpaired) electrons. The molecule has 3 N–H and O–H groups in total. The first-order valence-corrected chi connectivity index (χ1v) is 10.3. The van der Waals surface area contributed by atoms with E-state index in [0.29, 0.717) is 5.56 Å². The lowest BCUT2D eigenvalue weighted by Crippen LogP contribution is -2.26. The highest BCUT2D eigenvalue weighted by molar-refractivity contribution is 7.92. The SMILES string of the molecule is CN(c1cc2oc(-c3ccc(F)cc3)c(C(=O)O)c2cc1OCC(N)=O)S(C)(=O)=O. The zero-order chi connectivity index (χ0) is 22.2. The first-order valence-electron chi connectivity index (χ1n) is 8.44. The number of fused-ring (bicyclic) bond motifs is 1. The molecule has 11 heteroatoms. The third-order valence-electron chi connectivity index (χ3n) is 4.30. The van der Waals surface area contributed by atoms with Gasteiger partial charge in [0.1, 0.15) is 28.5 Å². The minimum absolute atomic E-state index is 0.0163. The van der Waals surface area contributed by atoms with Crippen molar-refractivity contribution in [3.8, 4) is 17.1 Å². The van der Waals surface area contributed by atoms with Crippen LogP contribution in [-0.2, 0) is 14.8 Å². The van der Waals surface area contributed by atoms with E-state index >= 15 is 0 Å². The topological polar surface area (TPSA) is 140 Å². The summed E-state index contributed by atoms with van der Waals surface area (Å²) in [6, 6.07) is 7.55. The van der Waals surface area contributed by atoms with E-state index in [9.17, 15) is 27.5 Å². The predicted octanol–water partition coefficient (Wildman–Crippen LogP) is 2.20. The van der Waals surface area contributed by atoms with Crippen LogP contribution in [0.2, 0.25) is 0 Å². The zero-order valence-corrected chi connectivity index (χ0v) is 16.7. The highest BCUT2D eigenvalue weighted by atomic mass is 32.2. The van der Waals surface area contributed by atoms with Gasteiger partial charge in [-0.05, 0) is 30.3 Å². The maximum atomic E-state index is 13.3. The van der Waals surface area contributed by atoms with Gasteiger partial charge in [0.2, 0.25) is 10.0 Å². The molecule has 0 unspecified atom stereocenters. The summed E-state index contributed by atoms with van der Waals surface area (Å²) in [6.45, 7) is -0.554. The summed E-state index contributed by atoms with van der Waals surface area (Å²) in [5.41, 5.74) is 5.25. The lowest BCUT2D eigenvalue weighted by Gasteiger charge is -2.20. The maximum Gasteiger partial charge on any atom is 0.340 e. The van der Waals surface area contributed by atoms with Gasteiger partial charge in [0.05, 0.1) is 11.9 Å². The zero-order valence-electron chi connectivity index (χ0n) is 15.9. The van der Waals surface area contributed by atoms with Crippen LogP contribution < -0.4 is 14.8 Å². The van der Waals surface area contributed by atoms with Gasteiger partial charge in [-0.25, -0.2) is 17.6 Å². The molecule has 1 aromatic heterocycles. The Kier molecular flexibility index (Phi) is 5.40. The number of hydrogen-bond donors (Lipinski definition) is 2. The number of carbonyl (C=O) groups excluding carboxylic acids is 1. The van der Waals surface area contributed by atoms with Crippen molar-refractivity contribution in [2.75, 3.05) is 24.2 Å². The number of hydrogen-bond acceptors (Lipinski definition) is 6. The number of halogens is 1. The van der Waals surface area contributed by atoms with Gasteiger partial charge in [0.25, 0.3) is 5.91 Å². The third-order valence-corrected chi connectivity index (χ3v) is 5.49. The van der Waals surface area contributed by atoms with Crippen molar-refractivity contribution < 1.29 is 36.7 Å². The summed E-state index contributed by atoms with van der Waals surface area (Å²) < 4.78 is 49.2. The van der Waals surface area contributed by atoms with Gasteiger partial charge in [-0.2, -0.15) is 0 Å². The van der Waals surface area contributed by atoms with E-state index in [4.69, 9.17) is 14.9 Å². The number of rotatable bonds is 7. The number of ether oxygens (including phenoxy) is 1. The predicted molar refractivity (Wildman–Crippen MR) is 107 cm³/mol. The number of aromatic carboxylic acids is 1. The molecule has 9 nitrogen and oxygen atoms in total. The number of nitrogens with two attached hydrogens (primary N) is 1. The van der Waals surface area contributed by atoms with E-state index in [1.54, 1.807) is 0 Å². The Morgan fingerprint density at radius 2 is 1.87 bits per heavy atom. The molecule has 30 heavy (non-hydrogen) atoms. The van der Waals surface area contributed by atoms with E-state index in [2.05, 4.69) is 0 Å². The molecule has 0 atom stereocenters. The molecular weight excluding hydrogens is 419 g/mol. The number of amides is 1. The molecule has 0 saturated heterocycles. The number of carboxylic acids is 1. The second kappa shape index (κ2) is 7.67. The molecule has 0 saturated carbocycles. The maximum absolute atomic E-state index is 13.3. The molecule has 0 aliphatic heterocycles. The van der Waals surface area contributed by atoms with Crippen LogP contribution in [0, 0.1) is 5.82 Å². The number of furan rings is 1. The Balaban J connectivity index is 2.30. The Morgan fingerprint density at radius 3 is 2.40 bits per heavy atom. The minimum Gasteiger partial charge on any atom is -0.482 e. The summed E-state index contributed by atoms with van der Waals surface area (Å²) in [5.74, 6) is -2.76. The molecule has 0 bridgehead atoms. The number of carboxylic acid groups (broad SMARTS) is 1. The van der Waals surface area contributed by atoms with Crippen molar-refractivity contribution in [3.05, 3.63) is 47.8 Å². The second-order valence-electron chi connectivity index (χ2n) is 6.42. The van der Waals surface area contributed by atoms with Crippen molar-refractivity contribution in [3.63, 3.8) is 0 Å². The Bertz CT molecular complexity index is 1250.